The molecule has 3 aromatic heterocycles. The van der Waals surface area contributed by atoms with Gasteiger partial charge in [0, 0.05) is 74.5 Å². The highest BCUT2D eigenvalue weighted by Gasteiger charge is 2.54. The Morgan fingerprint density at radius 1 is 0.663 bits per heavy atom. The average Bonchev–Trinajstić information content (AvgIpc) is 1.38. The number of aromatic nitrogens is 7. The summed E-state index contributed by atoms with van der Waals surface area (Å²) in [5.74, 6) is -3.21. The Kier molecular flexibility index (Phi) is 25.7. The monoisotopic (exact) mass is 1310 g/mol. The quantitative estimate of drug-likeness (QED) is 0.0287. The van der Waals surface area contributed by atoms with Gasteiger partial charge in [-0.05, 0) is 39.5 Å². The molecule has 3 aliphatic heterocycles. The van der Waals surface area contributed by atoms with Crippen LogP contribution in [-0.4, -0.2) is 285 Å². The molecule has 0 unspecified atom stereocenters. The van der Waals surface area contributed by atoms with Gasteiger partial charge in [0.25, 0.3) is 11.1 Å². The molecule has 3 aromatic rings. The molecule has 1 saturated carbocycles. The lowest BCUT2D eigenvalue weighted by Gasteiger charge is -2.47. The molecule has 1 aliphatic carbocycles. The third-order valence-corrected chi connectivity index (χ3v) is 15.9. The minimum atomic E-state index is -1.71. The van der Waals surface area contributed by atoms with Gasteiger partial charge in [-0.1, -0.05) is 5.21 Å². The number of aliphatic hydroxyl groups is 7. The van der Waals surface area contributed by atoms with Crippen LogP contribution in [0.4, 0.5) is 4.79 Å². The van der Waals surface area contributed by atoms with Crippen LogP contribution in [0.25, 0.3) is 0 Å². The summed E-state index contributed by atoms with van der Waals surface area (Å²) in [5.41, 5.74) is 33.8. The fourth-order valence-corrected chi connectivity index (χ4v) is 10.6. The van der Waals surface area contributed by atoms with Crippen LogP contribution in [0, 0.1) is 13.8 Å². The maximum Gasteiger partial charge on any atom is 0.407 e. The van der Waals surface area contributed by atoms with Gasteiger partial charge in [-0.3, -0.25) is 47.9 Å². The fraction of sp³-hybridized carbons (Fsp3) is 0.712. The molecule has 7 rings (SSSR count). The molecule has 19 atom stereocenters. The van der Waals surface area contributed by atoms with Crippen molar-refractivity contribution in [1.29, 1.82) is 0 Å². The summed E-state index contributed by atoms with van der Waals surface area (Å²) < 4.78 is 44.2. The summed E-state index contributed by atoms with van der Waals surface area (Å²) in [6.45, 7) is -1.93. The Morgan fingerprint density at radius 3 is 1.77 bits per heavy atom. The molecule has 514 valence electrons. The number of aliphatic hydroxyl groups excluding tert-OH is 7. The van der Waals surface area contributed by atoms with E-state index < -0.39 is 201 Å². The third kappa shape index (κ3) is 18.4. The molecular formula is C52H83N17O23. The van der Waals surface area contributed by atoms with Crippen molar-refractivity contribution < 1.29 is 92.9 Å². The van der Waals surface area contributed by atoms with E-state index in [9.17, 15) is 78.9 Å². The van der Waals surface area contributed by atoms with Crippen LogP contribution in [-0.2, 0) is 78.4 Å². The summed E-state index contributed by atoms with van der Waals surface area (Å²) in [6, 6.07) is -4.71. The fourth-order valence-electron chi connectivity index (χ4n) is 10.6. The number of aryl methyl sites for hydroxylation is 3. The SMILES string of the molecule is Cc1cn(CC(=O)N(CCNC(=O)CN(CCNC(=O)OCCCCc2cn(C[C@H]3O[C@H](O[C@H]4[C@H](O[C@@H]5O[C@H](CO)[C@@H](O[C@H]6O[C@@H](CN)[C@@H](O)[C@H](O)[C@H]6N)[C@H]5O)[C@@H](O)[C@H](N)C[C@@H]4N)[C@H](N)[C@@H](O)[C@@H]3O)nn2)C(=O)Cn2cc(C)c(=O)[nH]c2=O)CC(N)=O)c(=O)[nH]c1=O. The van der Waals surface area contributed by atoms with Gasteiger partial charge in [0.2, 0.25) is 23.6 Å². The van der Waals surface area contributed by atoms with Crippen LogP contribution in [0.1, 0.15) is 36.1 Å². The molecular weight excluding hydrogens is 1230 g/mol. The van der Waals surface area contributed by atoms with Crippen molar-refractivity contribution in [1.82, 2.24) is 54.5 Å². The number of nitrogens with one attached hydrogen (secondary N) is 4. The summed E-state index contributed by atoms with van der Waals surface area (Å²) in [4.78, 5) is 119. The van der Waals surface area contributed by atoms with Gasteiger partial charge < -0.3 is 124 Å². The lowest BCUT2D eigenvalue weighted by molar-refractivity contribution is -0.309. The van der Waals surface area contributed by atoms with Crippen molar-refractivity contribution in [3.8, 4) is 0 Å². The number of amides is 5. The number of carbonyl (C=O) groups excluding carboxylic acids is 5. The molecule has 40 nitrogen and oxygen atoms in total. The summed E-state index contributed by atoms with van der Waals surface area (Å²) in [5, 5.41) is 89.3. The van der Waals surface area contributed by atoms with Crippen molar-refractivity contribution in [3.05, 3.63) is 77.1 Å². The first-order valence-electron chi connectivity index (χ1n) is 29.4. The van der Waals surface area contributed by atoms with E-state index in [2.05, 4.69) is 30.9 Å². The molecule has 0 bridgehead atoms. The van der Waals surface area contributed by atoms with E-state index in [0.717, 1.165) is 31.3 Å². The highest BCUT2D eigenvalue weighted by Crippen LogP contribution is 2.35. The normalized spacial score (nSPS) is 30.6. The number of alkyl carbamates (subject to hydrolysis) is 1. The Hall–Kier alpha value is -7.07. The van der Waals surface area contributed by atoms with E-state index in [1.807, 2.05) is 0 Å². The van der Waals surface area contributed by atoms with E-state index in [1.165, 1.54) is 18.5 Å². The molecule has 0 aromatic carbocycles. The molecule has 4 aliphatic rings. The van der Waals surface area contributed by atoms with E-state index in [0.29, 0.717) is 25.0 Å². The van der Waals surface area contributed by atoms with Crippen LogP contribution >= 0.6 is 0 Å². The number of rotatable bonds is 29. The zero-order chi connectivity index (χ0) is 67.4. The van der Waals surface area contributed by atoms with Gasteiger partial charge in [0.05, 0.1) is 56.7 Å². The van der Waals surface area contributed by atoms with Crippen molar-refractivity contribution in [3.63, 3.8) is 0 Å². The number of primary amides is 1. The zero-order valence-electron chi connectivity index (χ0n) is 50.3. The summed E-state index contributed by atoms with van der Waals surface area (Å²) in [6.07, 6.45) is -17.9. The minimum absolute atomic E-state index is 0.0215. The number of unbranched alkanes of at least 4 members (excludes halogenated alkanes) is 1. The summed E-state index contributed by atoms with van der Waals surface area (Å²) in [7, 11) is 0. The molecule has 23 N–H and O–H groups in total. The first kappa shape index (κ1) is 72.4. The van der Waals surface area contributed by atoms with Crippen molar-refractivity contribution in [2.24, 2.45) is 34.4 Å². The van der Waals surface area contributed by atoms with Gasteiger partial charge in [-0.25, -0.2) is 19.1 Å². The third-order valence-electron chi connectivity index (χ3n) is 15.9. The lowest BCUT2D eigenvalue weighted by atomic mass is 9.84. The van der Waals surface area contributed by atoms with E-state index in [1.54, 1.807) is 6.20 Å². The topological polar surface area (TPSA) is 619 Å². The van der Waals surface area contributed by atoms with Crippen LogP contribution in [0.3, 0.4) is 0 Å². The number of aromatic amines is 2. The highest BCUT2D eigenvalue weighted by molar-refractivity contribution is 5.85. The van der Waals surface area contributed by atoms with Gasteiger partial charge in [-0.2, -0.15) is 0 Å². The number of ether oxygens (including phenoxy) is 7. The molecule has 3 saturated heterocycles. The average molecular weight is 1310 g/mol. The Morgan fingerprint density at radius 2 is 1.20 bits per heavy atom. The molecule has 5 amide bonds. The van der Waals surface area contributed by atoms with E-state index >= 15 is 0 Å². The predicted molar refractivity (Wildman–Crippen MR) is 309 cm³/mol. The molecule has 40 heteroatoms. The maximum atomic E-state index is 13.6. The minimum Gasteiger partial charge on any atom is -0.450 e. The first-order chi connectivity index (χ1) is 43.6. The standard InChI is InChI=1S/C52H83N17O23/c1-22-13-67(50(83)61-45(22)81)19-32(73)65(17-30(56)71)8-6-59-31(72)18-66(33(74)20-68-14-23(2)46(82)62-51(68)84)9-7-60-52(85)86-10-4-3-5-24-15-69(64-63-24)16-28-38(77)40(79)35(58)48(88-28)90-42-26(55)11-25(54)36(75)44(42)92-49-41(80)43(29(21-70)89-49)91-47-34(57)39(78)37(76)27(12-53)87-47/h13-15,25-29,34-44,47-49,70,75-80H,3-12,16-21,53-55,57-58H2,1-2H3,(H2,56,71)(H,59,72)(H,60,85)(H,61,81,83)(H,62,82,84)/t25-,26+,27+,28-,29-,34-,35-,36+,37-,38-,39-,40-,41-,42-,43-,44-,47-,48-,49+/m1/s1. The molecule has 0 radical (unpaired) electrons. The smallest absolute Gasteiger partial charge is 0.407 e. The number of hydrogen-bond acceptors (Lipinski definition) is 30. The van der Waals surface area contributed by atoms with Gasteiger partial charge >= 0.3 is 17.5 Å². The number of hydrogen-bond donors (Lipinski definition) is 17. The number of H-pyrrole nitrogens is 2. The van der Waals surface area contributed by atoms with Crippen molar-refractivity contribution in [2.75, 3.05) is 59.0 Å². The van der Waals surface area contributed by atoms with Crippen LogP contribution in [0.15, 0.2) is 37.8 Å². The van der Waals surface area contributed by atoms with Crippen molar-refractivity contribution in [2.45, 2.75) is 175 Å². The van der Waals surface area contributed by atoms with Crippen LogP contribution < -0.4 is 67.5 Å². The largest absolute Gasteiger partial charge is 0.450 e. The Balaban J connectivity index is 0.876. The van der Waals surface area contributed by atoms with Gasteiger partial charge in [-0.15, -0.1) is 5.10 Å². The molecule has 4 fully saturated rings. The van der Waals surface area contributed by atoms with Gasteiger partial charge in [0.15, 0.2) is 18.9 Å². The van der Waals surface area contributed by atoms with Crippen LogP contribution in [0.2, 0.25) is 0 Å². The maximum absolute atomic E-state index is 13.6. The van der Waals surface area contributed by atoms with Crippen LogP contribution in [0.5, 0.6) is 0 Å². The number of nitrogens with two attached hydrogens (primary N) is 6. The van der Waals surface area contributed by atoms with E-state index in [4.69, 9.17) is 67.6 Å². The molecule has 6 heterocycles. The van der Waals surface area contributed by atoms with E-state index in [-0.39, 0.29) is 63.4 Å². The molecule has 0 spiro atoms. The predicted octanol–water partition coefficient (Wildman–Crippen LogP) is -12.5. The zero-order valence-corrected chi connectivity index (χ0v) is 50.3. The Labute approximate surface area is 521 Å². The second-order valence-corrected chi connectivity index (χ2v) is 22.8. The number of nitrogens with zero attached hydrogens (tertiary/aromatic N) is 7. The first-order valence-corrected chi connectivity index (χ1v) is 29.4. The molecule has 92 heavy (non-hydrogen) atoms. The van der Waals surface area contributed by atoms with Crippen molar-refractivity contribution >= 4 is 29.7 Å². The summed E-state index contributed by atoms with van der Waals surface area (Å²) >= 11 is 0. The Bertz CT molecular complexity index is 3240. The highest BCUT2D eigenvalue weighted by atomic mass is 16.8. The second-order valence-electron chi connectivity index (χ2n) is 22.8. The number of carbonyl (C=O) groups is 5. The van der Waals surface area contributed by atoms with Gasteiger partial charge in [0.1, 0.15) is 80.2 Å². The second kappa shape index (κ2) is 32.7. The lowest BCUT2D eigenvalue weighted by Crippen LogP contribution is -2.68.